The molecular formula is C32H37BrFN3O4. The van der Waals surface area contributed by atoms with E-state index in [1.54, 1.807) is 24.3 Å². The number of carbonyl (C=O) groups is 2. The van der Waals surface area contributed by atoms with Crippen molar-refractivity contribution in [2.24, 2.45) is 0 Å². The Bertz CT molecular complexity index is 1360. The summed E-state index contributed by atoms with van der Waals surface area (Å²) in [7, 11) is 3.01. The van der Waals surface area contributed by atoms with Crippen LogP contribution in [0.5, 0.6) is 11.5 Å². The minimum atomic E-state index is -0.496. The summed E-state index contributed by atoms with van der Waals surface area (Å²) in [5.41, 5.74) is 2.52. The molecule has 3 atom stereocenters. The quantitative estimate of drug-likeness (QED) is 0.258. The Morgan fingerprint density at radius 1 is 1.00 bits per heavy atom. The molecule has 3 aromatic carbocycles. The van der Waals surface area contributed by atoms with Crippen molar-refractivity contribution < 1.29 is 23.5 Å². The Kier molecular flexibility index (Phi) is 10.3. The molecule has 0 radical (unpaired) electrons. The molecule has 0 saturated carbocycles. The monoisotopic (exact) mass is 625 g/mol. The molecule has 0 aromatic heterocycles. The molecule has 3 amide bonds. The average Bonchev–Trinajstić information content (AvgIpc) is 2.96. The molecule has 1 aliphatic rings. The first kappa shape index (κ1) is 30.4. The molecule has 1 heterocycles. The molecule has 3 unspecified atom stereocenters. The van der Waals surface area contributed by atoms with Gasteiger partial charge in [0.1, 0.15) is 5.82 Å². The molecule has 1 aliphatic heterocycles. The lowest BCUT2D eigenvalue weighted by molar-refractivity contribution is 0.0511. The van der Waals surface area contributed by atoms with Gasteiger partial charge in [-0.1, -0.05) is 36.4 Å². The summed E-state index contributed by atoms with van der Waals surface area (Å²) in [6.45, 7) is 4.10. The first-order valence-electron chi connectivity index (χ1n) is 13.9. The van der Waals surface area contributed by atoms with Crippen molar-refractivity contribution in [3.8, 4) is 11.5 Å². The van der Waals surface area contributed by atoms with Gasteiger partial charge >= 0.3 is 6.03 Å². The third kappa shape index (κ3) is 7.38. The van der Waals surface area contributed by atoms with Crippen LogP contribution in [0.4, 0.5) is 14.9 Å². The number of hydrogen-bond acceptors (Lipinski definition) is 4. The van der Waals surface area contributed by atoms with Crippen molar-refractivity contribution in [2.75, 3.05) is 19.5 Å². The topological polar surface area (TPSA) is 79.9 Å². The number of ether oxygens (including phenoxy) is 2. The fourth-order valence-corrected chi connectivity index (χ4v) is 5.84. The standard InChI is InChI=1S/C32H37BrFN3O4/c1-20-9-8-10-21(2)37(20)31(38)24-18-29(40-3)30(41-4)19-28(24)36-32(39)35-27(16-13-22-11-6-5-7-12-22)23-14-15-26(34)25(33)17-23/h5-7,11-12,14-15,17-21,27H,8-10,13,16H2,1-4H3,(H2,35,36,39). The molecule has 1 saturated heterocycles. The fourth-order valence-electron chi connectivity index (χ4n) is 5.44. The van der Waals surface area contributed by atoms with Crippen LogP contribution in [0, 0.1) is 5.82 Å². The van der Waals surface area contributed by atoms with Gasteiger partial charge in [-0.15, -0.1) is 0 Å². The van der Waals surface area contributed by atoms with E-state index in [1.165, 1.54) is 20.3 Å². The second kappa shape index (κ2) is 13.9. The van der Waals surface area contributed by atoms with Crippen LogP contribution in [0.15, 0.2) is 65.1 Å². The third-order valence-corrected chi connectivity index (χ3v) is 8.25. The number of anilines is 1. The van der Waals surface area contributed by atoms with Crippen LogP contribution in [0.3, 0.4) is 0 Å². The van der Waals surface area contributed by atoms with Crippen LogP contribution >= 0.6 is 15.9 Å². The van der Waals surface area contributed by atoms with Crippen LogP contribution in [0.1, 0.15) is 67.1 Å². The van der Waals surface area contributed by atoms with Gasteiger partial charge in [-0.3, -0.25) is 4.79 Å². The molecule has 0 aliphatic carbocycles. The molecule has 3 aromatic rings. The van der Waals surface area contributed by atoms with Gasteiger partial charge in [0.05, 0.1) is 36.0 Å². The molecule has 2 N–H and O–H groups in total. The summed E-state index contributed by atoms with van der Waals surface area (Å²) < 4.78 is 25.3. The number of aryl methyl sites for hydroxylation is 1. The largest absolute Gasteiger partial charge is 0.493 e. The van der Waals surface area contributed by atoms with E-state index in [0.29, 0.717) is 40.1 Å². The molecule has 0 bridgehead atoms. The van der Waals surface area contributed by atoms with Crippen LogP contribution < -0.4 is 20.1 Å². The summed E-state index contributed by atoms with van der Waals surface area (Å²) in [4.78, 5) is 29.2. The summed E-state index contributed by atoms with van der Waals surface area (Å²) >= 11 is 3.26. The number of carbonyl (C=O) groups excluding carboxylic acids is 2. The SMILES string of the molecule is COc1cc(NC(=O)NC(CCc2ccccc2)c2ccc(F)c(Br)c2)c(C(=O)N2C(C)CCCC2C)cc1OC. The van der Waals surface area contributed by atoms with Gasteiger partial charge in [-0.2, -0.15) is 0 Å². The number of benzene rings is 3. The highest BCUT2D eigenvalue weighted by Crippen LogP contribution is 2.36. The van der Waals surface area contributed by atoms with Crippen molar-refractivity contribution >= 4 is 33.6 Å². The fraction of sp³-hybridized carbons (Fsp3) is 0.375. The van der Waals surface area contributed by atoms with Crippen molar-refractivity contribution in [1.29, 1.82) is 0 Å². The number of likely N-dealkylation sites (tertiary alicyclic amines) is 1. The lowest BCUT2D eigenvalue weighted by atomic mass is 9.96. The van der Waals surface area contributed by atoms with Crippen LogP contribution in [-0.2, 0) is 6.42 Å². The first-order chi connectivity index (χ1) is 19.7. The highest BCUT2D eigenvalue weighted by atomic mass is 79.9. The normalized spacial score (nSPS) is 17.5. The summed E-state index contributed by atoms with van der Waals surface area (Å²) in [6, 6.07) is 17.1. The number of halogens is 2. The Hall–Kier alpha value is -3.59. The second-order valence-corrected chi connectivity index (χ2v) is 11.3. The maximum Gasteiger partial charge on any atom is 0.319 e. The molecule has 1 fully saturated rings. The van der Waals surface area contributed by atoms with Gasteiger partial charge in [0.25, 0.3) is 5.91 Å². The maximum absolute atomic E-state index is 14.0. The minimum Gasteiger partial charge on any atom is -0.493 e. The van der Waals surface area contributed by atoms with Crippen molar-refractivity contribution in [2.45, 2.75) is 64.1 Å². The average molecular weight is 627 g/mol. The number of piperidine rings is 1. The van der Waals surface area contributed by atoms with E-state index in [4.69, 9.17) is 9.47 Å². The number of hydrogen-bond donors (Lipinski definition) is 2. The van der Waals surface area contributed by atoms with E-state index < -0.39 is 12.1 Å². The highest BCUT2D eigenvalue weighted by molar-refractivity contribution is 9.10. The number of methoxy groups -OCH3 is 2. The summed E-state index contributed by atoms with van der Waals surface area (Å²) in [5, 5.41) is 5.93. The zero-order valence-corrected chi connectivity index (χ0v) is 25.5. The predicted octanol–water partition coefficient (Wildman–Crippen LogP) is 7.50. The Labute approximate surface area is 249 Å². The van der Waals surface area contributed by atoms with Gasteiger partial charge < -0.3 is 25.0 Å². The van der Waals surface area contributed by atoms with E-state index in [2.05, 4.69) is 26.6 Å². The van der Waals surface area contributed by atoms with Gasteiger partial charge in [0, 0.05) is 18.2 Å². The zero-order valence-electron chi connectivity index (χ0n) is 23.9. The van der Waals surface area contributed by atoms with Crippen molar-refractivity contribution in [3.63, 3.8) is 0 Å². The van der Waals surface area contributed by atoms with Gasteiger partial charge in [0.2, 0.25) is 0 Å². The number of rotatable bonds is 9. The first-order valence-corrected chi connectivity index (χ1v) is 14.7. The van der Waals surface area contributed by atoms with Crippen LogP contribution in [0.25, 0.3) is 0 Å². The summed E-state index contributed by atoms with van der Waals surface area (Å²) in [6.07, 6.45) is 4.18. The van der Waals surface area contributed by atoms with E-state index >= 15 is 0 Å². The molecule has 7 nitrogen and oxygen atoms in total. The minimum absolute atomic E-state index is 0.0697. The van der Waals surface area contributed by atoms with E-state index in [9.17, 15) is 14.0 Å². The Morgan fingerprint density at radius 3 is 2.29 bits per heavy atom. The van der Waals surface area contributed by atoms with Crippen molar-refractivity contribution in [1.82, 2.24) is 10.2 Å². The molecule has 41 heavy (non-hydrogen) atoms. The van der Waals surface area contributed by atoms with Gasteiger partial charge in [0.15, 0.2) is 11.5 Å². The lowest BCUT2D eigenvalue weighted by Gasteiger charge is -2.39. The van der Waals surface area contributed by atoms with E-state index in [0.717, 1.165) is 30.4 Å². The molecule has 0 spiro atoms. The van der Waals surface area contributed by atoms with Crippen molar-refractivity contribution in [3.05, 3.63) is 87.6 Å². The second-order valence-electron chi connectivity index (χ2n) is 10.4. The van der Waals surface area contributed by atoms with Gasteiger partial charge in [-0.05, 0) is 91.2 Å². The van der Waals surface area contributed by atoms with E-state index in [1.807, 2.05) is 49.1 Å². The predicted molar refractivity (Wildman–Crippen MR) is 162 cm³/mol. The molecule has 218 valence electrons. The maximum atomic E-state index is 14.0. The third-order valence-electron chi connectivity index (χ3n) is 7.65. The molecular weight excluding hydrogens is 589 g/mol. The van der Waals surface area contributed by atoms with E-state index in [-0.39, 0.29) is 23.8 Å². The Balaban J connectivity index is 1.62. The summed E-state index contributed by atoms with van der Waals surface area (Å²) in [5.74, 6) is 0.233. The molecule has 4 rings (SSSR count). The smallest absolute Gasteiger partial charge is 0.319 e. The molecule has 9 heteroatoms. The highest BCUT2D eigenvalue weighted by Gasteiger charge is 2.32. The number of nitrogens with one attached hydrogen (secondary N) is 2. The Morgan fingerprint density at radius 2 is 1.66 bits per heavy atom. The van der Waals surface area contributed by atoms with Crippen LogP contribution in [0.2, 0.25) is 0 Å². The zero-order chi connectivity index (χ0) is 29.5. The van der Waals surface area contributed by atoms with Crippen LogP contribution in [-0.4, -0.2) is 43.1 Å². The lowest BCUT2D eigenvalue weighted by Crippen LogP contribution is -2.47. The number of amides is 3. The number of urea groups is 1. The van der Waals surface area contributed by atoms with Gasteiger partial charge in [-0.25, -0.2) is 9.18 Å². The number of nitrogens with zero attached hydrogens (tertiary/aromatic N) is 1.